The van der Waals surface area contributed by atoms with Crippen LogP contribution in [0.4, 0.5) is 0 Å². The van der Waals surface area contributed by atoms with E-state index < -0.39 is 0 Å². The van der Waals surface area contributed by atoms with E-state index in [4.69, 9.17) is 0 Å². The van der Waals surface area contributed by atoms with Crippen LogP contribution in [0.2, 0.25) is 0 Å². The number of nitrogens with zero attached hydrogens (tertiary/aromatic N) is 1. The third-order valence-electron chi connectivity index (χ3n) is 1.35. The first kappa shape index (κ1) is 8.53. The van der Waals surface area contributed by atoms with Gasteiger partial charge in [-0.25, -0.2) is 4.98 Å². The second kappa shape index (κ2) is 5.13. The third-order valence-corrected chi connectivity index (χ3v) is 1.35. The predicted molar refractivity (Wildman–Crippen MR) is 49.8 cm³/mol. The van der Waals surface area contributed by atoms with Crippen LogP contribution in [0.25, 0.3) is 0 Å². The van der Waals surface area contributed by atoms with Crippen molar-refractivity contribution in [2.24, 2.45) is 0 Å². The number of aromatic nitrogens is 2. The molecule has 0 bridgehead atoms. The molecule has 0 fully saturated rings. The molecule has 0 saturated heterocycles. The fourth-order valence-corrected chi connectivity index (χ4v) is 0.750. The average Bonchev–Trinajstić information content (AvgIpc) is 2.62. The Hall–Kier alpha value is -1.57. The number of aromatic amines is 1. The maximum absolute atomic E-state index is 3.67. The monoisotopic (exact) mass is 160 g/mol. The Bertz CT molecular complexity index is 257. The Morgan fingerprint density at radius 2 is 1.92 bits per heavy atom. The summed E-state index contributed by atoms with van der Waals surface area (Å²) in [5.74, 6) is 0. The van der Waals surface area contributed by atoms with E-state index in [2.05, 4.69) is 29.0 Å². The molecule has 0 aliphatic heterocycles. The lowest BCUT2D eigenvalue weighted by Gasteiger charge is -1.82. The number of rotatable bonds is 0. The van der Waals surface area contributed by atoms with Crippen LogP contribution in [0, 0.1) is 6.92 Å². The molecule has 2 rings (SSSR count). The van der Waals surface area contributed by atoms with Crippen molar-refractivity contribution in [2.45, 2.75) is 6.92 Å². The molecule has 62 valence electrons. The molecule has 2 aromatic rings. The van der Waals surface area contributed by atoms with Crippen molar-refractivity contribution >= 4 is 0 Å². The van der Waals surface area contributed by atoms with E-state index in [-0.39, 0.29) is 0 Å². The fourth-order valence-electron chi connectivity index (χ4n) is 0.750. The summed E-state index contributed by atoms with van der Waals surface area (Å²) in [6.07, 6.45) is 5.08. The van der Waals surface area contributed by atoms with Gasteiger partial charge in [-0.3, -0.25) is 0 Å². The summed E-state index contributed by atoms with van der Waals surface area (Å²) < 4.78 is 0. The zero-order valence-corrected chi connectivity index (χ0v) is 7.07. The molecule has 0 aliphatic carbocycles. The maximum atomic E-state index is 3.67. The highest BCUT2D eigenvalue weighted by Crippen LogP contribution is 1.92. The van der Waals surface area contributed by atoms with Crippen LogP contribution in [-0.4, -0.2) is 9.97 Å². The Kier molecular flexibility index (Phi) is 3.64. The molecule has 2 heteroatoms. The lowest BCUT2D eigenvalue weighted by molar-refractivity contribution is 1.31. The van der Waals surface area contributed by atoms with Crippen molar-refractivity contribution in [1.82, 2.24) is 9.97 Å². The highest BCUT2D eigenvalue weighted by atomic mass is 14.8. The lowest BCUT2D eigenvalue weighted by Crippen LogP contribution is -1.62. The van der Waals surface area contributed by atoms with Gasteiger partial charge in [-0.1, -0.05) is 35.9 Å². The van der Waals surface area contributed by atoms with Crippen LogP contribution < -0.4 is 0 Å². The molecule has 0 spiro atoms. The van der Waals surface area contributed by atoms with Crippen LogP contribution in [0.3, 0.4) is 0 Å². The number of nitrogens with one attached hydrogen (secondary N) is 1. The minimum atomic E-state index is 1.32. The summed E-state index contributed by atoms with van der Waals surface area (Å²) in [7, 11) is 0. The molecule has 1 aromatic heterocycles. The van der Waals surface area contributed by atoms with Gasteiger partial charge in [0, 0.05) is 12.4 Å². The topological polar surface area (TPSA) is 28.7 Å². The van der Waals surface area contributed by atoms with Crippen molar-refractivity contribution in [3.8, 4) is 0 Å². The van der Waals surface area contributed by atoms with E-state index >= 15 is 0 Å². The van der Waals surface area contributed by atoms with Gasteiger partial charge in [0.15, 0.2) is 0 Å². The first-order valence-corrected chi connectivity index (χ1v) is 3.84. The van der Waals surface area contributed by atoms with Crippen molar-refractivity contribution < 1.29 is 0 Å². The van der Waals surface area contributed by atoms with Gasteiger partial charge in [-0.2, -0.15) is 0 Å². The van der Waals surface area contributed by atoms with Gasteiger partial charge >= 0.3 is 0 Å². The van der Waals surface area contributed by atoms with Crippen LogP contribution >= 0.6 is 0 Å². The first-order valence-electron chi connectivity index (χ1n) is 3.84. The summed E-state index contributed by atoms with van der Waals surface area (Å²) in [4.78, 5) is 6.42. The SMILES string of the molecule is Cc1ccccc1.c1c[nH]cn1. The number of H-pyrrole nitrogens is 1. The van der Waals surface area contributed by atoms with E-state index in [0.29, 0.717) is 0 Å². The number of benzene rings is 1. The highest BCUT2D eigenvalue weighted by Gasteiger charge is 1.72. The quantitative estimate of drug-likeness (QED) is 0.630. The van der Waals surface area contributed by atoms with E-state index in [9.17, 15) is 0 Å². The maximum Gasteiger partial charge on any atom is 0.0919 e. The number of aryl methyl sites for hydroxylation is 1. The minimum Gasteiger partial charge on any atom is -0.351 e. The van der Waals surface area contributed by atoms with E-state index in [1.54, 1.807) is 18.7 Å². The van der Waals surface area contributed by atoms with Crippen LogP contribution in [0.1, 0.15) is 5.56 Å². The third kappa shape index (κ3) is 3.56. The van der Waals surface area contributed by atoms with Gasteiger partial charge in [0.05, 0.1) is 6.33 Å². The minimum absolute atomic E-state index is 1.32. The number of hydrogen-bond acceptors (Lipinski definition) is 1. The molecule has 0 unspecified atom stereocenters. The van der Waals surface area contributed by atoms with Crippen molar-refractivity contribution in [3.05, 3.63) is 54.6 Å². The number of imidazole rings is 1. The standard InChI is InChI=1S/C7H8.C3H4N2/c1-7-5-3-2-4-6-7;1-2-5-3-4-1/h2-6H,1H3;1-3H,(H,4,5). The summed E-state index contributed by atoms with van der Waals surface area (Å²) in [6, 6.07) is 10.3. The highest BCUT2D eigenvalue weighted by molar-refractivity contribution is 5.11. The van der Waals surface area contributed by atoms with Gasteiger partial charge < -0.3 is 4.98 Å². The van der Waals surface area contributed by atoms with Crippen LogP contribution in [-0.2, 0) is 0 Å². The van der Waals surface area contributed by atoms with Gasteiger partial charge in [0.2, 0.25) is 0 Å². The van der Waals surface area contributed by atoms with Crippen LogP contribution in [0.5, 0.6) is 0 Å². The number of hydrogen-bond donors (Lipinski definition) is 1. The van der Waals surface area contributed by atoms with Crippen molar-refractivity contribution in [1.29, 1.82) is 0 Å². The Morgan fingerprint density at radius 3 is 2.17 bits per heavy atom. The van der Waals surface area contributed by atoms with Gasteiger partial charge in [0.25, 0.3) is 0 Å². The van der Waals surface area contributed by atoms with Gasteiger partial charge in [0.1, 0.15) is 0 Å². The molecule has 0 amide bonds. The summed E-state index contributed by atoms with van der Waals surface area (Å²) in [6.45, 7) is 2.08. The summed E-state index contributed by atoms with van der Waals surface area (Å²) in [5, 5.41) is 0. The zero-order valence-electron chi connectivity index (χ0n) is 7.07. The fraction of sp³-hybridized carbons (Fsp3) is 0.100. The molecule has 0 radical (unpaired) electrons. The van der Waals surface area contributed by atoms with E-state index in [1.165, 1.54) is 5.56 Å². The predicted octanol–water partition coefficient (Wildman–Crippen LogP) is 2.40. The molecule has 0 aliphatic rings. The molecular weight excluding hydrogens is 148 g/mol. The molecule has 0 saturated carbocycles. The van der Waals surface area contributed by atoms with Gasteiger partial charge in [-0.05, 0) is 6.92 Å². The zero-order chi connectivity index (χ0) is 8.65. The normalized spacial score (nSPS) is 8.42. The first-order chi connectivity index (χ1) is 5.89. The van der Waals surface area contributed by atoms with Crippen molar-refractivity contribution in [2.75, 3.05) is 0 Å². The molecular formula is C10H12N2. The average molecular weight is 160 g/mol. The smallest absolute Gasteiger partial charge is 0.0919 e. The molecule has 12 heavy (non-hydrogen) atoms. The molecule has 1 aromatic carbocycles. The Labute approximate surface area is 72.3 Å². The van der Waals surface area contributed by atoms with Gasteiger partial charge in [-0.15, -0.1) is 0 Å². The second-order valence-corrected chi connectivity index (χ2v) is 2.42. The Balaban J connectivity index is 0.000000127. The van der Waals surface area contributed by atoms with E-state index in [1.807, 2.05) is 18.2 Å². The second-order valence-electron chi connectivity index (χ2n) is 2.42. The van der Waals surface area contributed by atoms with E-state index in [0.717, 1.165) is 0 Å². The molecule has 0 atom stereocenters. The molecule has 1 heterocycles. The molecule has 1 N–H and O–H groups in total. The van der Waals surface area contributed by atoms with Crippen molar-refractivity contribution in [3.63, 3.8) is 0 Å². The largest absolute Gasteiger partial charge is 0.351 e. The van der Waals surface area contributed by atoms with Crippen LogP contribution in [0.15, 0.2) is 49.1 Å². The lowest BCUT2D eigenvalue weighted by atomic mass is 10.2. The molecule has 2 nitrogen and oxygen atoms in total. The summed E-state index contributed by atoms with van der Waals surface area (Å²) in [5.41, 5.74) is 1.32. The summed E-state index contributed by atoms with van der Waals surface area (Å²) >= 11 is 0. The Morgan fingerprint density at radius 1 is 1.17 bits per heavy atom.